The van der Waals surface area contributed by atoms with Crippen LogP contribution in [0, 0.1) is 10.8 Å². The molecule has 34 heavy (non-hydrogen) atoms. The van der Waals surface area contributed by atoms with Crippen LogP contribution in [0.25, 0.3) is 16.1 Å². The van der Waals surface area contributed by atoms with E-state index >= 15 is 0 Å². The Balaban J connectivity index is 1.46. The summed E-state index contributed by atoms with van der Waals surface area (Å²) in [5, 5.41) is 10.1. The number of carbonyl (C=O) groups is 1. The molecule has 2 aromatic carbocycles. The smallest absolute Gasteiger partial charge is 0.335 e. The van der Waals surface area contributed by atoms with E-state index in [9.17, 15) is 4.79 Å². The second-order valence-electron chi connectivity index (χ2n) is 10.2. The van der Waals surface area contributed by atoms with Gasteiger partial charge in [0.1, 0.15) is 15.0 Å². The average Bonchev–Trinajstić information content (AvgIpc) is 3.24. The monoisotopic (exact) mass is 494 g/mol. The topological polar surface area (TPSA) is 71.5 Å². The molecule has 0 fully saturated rings. The van der Waals surface area contributed by atoms with Gasteiger partial charge in [-0.1, -0.05) is 58.0 Å². The normalized spacial score (nSPS) is 16.6. The highest BCUT2D eigenvalue weighted by Crippen LogP contribution is 2.47. The minimum Gasteiger partial charge on any atom is -0.495 e. The molecular weight excluding hydrogens is 464 g/mol. The number of hydrogen-bond donors (Lipinski definition) is 2. The molecule has 0 amide bonds. The molecule has 1 aliphatic carbocycles. The van der Waals surface area contributed by atoms with Gasteiger partial charge in [0.05, 0.1) is 24.6 Å². The van der Waals surface area contributed by atoms with E-state index in [0.717, 1.165) is 21.2 Å². The Bertz CT molecular complexity index is 1230. The van der Waals surface area contributed by atoms with Crippen LogP contribution < -0.4 is 9.46 Å². The number of rotatable bonds is 7. The van der Waals surface area contributed by atoms with Gasteiger partial charge in [-0.3, -0.25) is 0 Å². The van der Waals surface area contributed by atoms with Crippen LogP contribution in [0.4, 0.5) is 5.69 Å². The fourth-order valence-corrected chi connectivity index (χ4v) is 6.52. The molecule has 2 N–H and O–H groups in total. The zero-order valence-electron chi connectivity index (χ0n) is 20.1. The largest absolute Gasteiger partial charge is 0.495 e. The predicted molar refractivity (Wildman–Crippen MR) is 142 cm³/mol. The highest BCUT2D eigenvalue weighted by atomic mass is 32.2. The molecule has 0 saturated heterocycles. The lowest BCUT2D eigenvalue weighted by atomic mass is 9.66. The number of thiazole rings is 1. The van der Waals surface area contributed by atoms with Crippen LogP contribution in [-0.2, 0) is 0 Å². The molecule has 4 rings (SSSR count). The zero-order valence-corrected chi connectivity index (χ0v) is 21.8. The number of carboxylic acids is 1. The highest BCUT2D eigenvalue weighted by Gasteiger charge is 2.33. The first-order chi connectivity index (χ1) is 16.0. The molecule has 1 heterocycles. The Kier molecular flexibility index (Phi) is 6.78. The van der Waals surface area contributed by atoms with Crippen LogP contribution in [0.1, 0.15) is 56.5 Å². The van der Waals surface area contributed by atoms with Crippen LogP contribution in [0.5, 0.6) is 5.75 Å². The Hall–Kier alpha value is -2.77. The first kappa shape index (κ1) is 24.4. The van der Waals surface area contributed by atoms with Gasteiger partial charge in [0.2, 0.25) is 0 Å². The molecule has 0 unspecified atom stereocenters. The molecule has 7 heteroatoms. The van der Waals surface area contributed by atoms with Crippen molar-refractivity contribution < 1.29 is 14.6 Å². The van der Waals surface area contributed by atoms with Crippen LogP contribution in [0.3, 0.4) is 0 Å². The molecule has 1 aromatic heterocycles. The fourth-order valence-electron chi connectivity index (χ4n) is 4.85. The number of aromatic carboxylic acids is 1. The van der Waals surface area contributed by atoms with E-state index in [1.54, 1.807) is 23.5 Å². The maximum Gasteiger partial charge on any atom is 0.335 e. The summed E-state index contributed by atoms with van der Waals surface area (Å²) >= 11 is 3.04. The quantitative estimate of drug-likeness (QED) is 0.326. The summed E-state index contributed by atoms with van der Waals surface area (Å²) in [6, 6.07) is 13.5. The number of nitrogens with zero attached hydrogens (tertiary/aromatic N) is 1. The number of benzene rings is 2. The molecule has 3 aromatic rings. The minimum atomic E-state index is -0.983. The van der Waals surface area contributed by atoms with E-state index in [1.165, 1.54) is 42.7 Å². The lowest BCUT2D eigenvalue weighted by Gasteiger charge is -2.39. The number of aromatic nitrogens is 1. The molecule has 0 spiro atoms. The van der Waals surface area contributed by atoms with Crippen molar-refractivity contribution in [2.45, 2.75) is 44.7 Å². The molecule has 0 radical (unpaired) electrons. The van der Waals surface area contributed by atoms with Crippen LogP contribution >= 0.6 is 23.3 Å². The highest BCUT2D eigenvalue weighted by molar-refractivity contribution is 8.02. The predicted octanol–water partition coefficient (Wildman–Crippen LogP) is 7.87. The van der Waals surface area contributed by atoms with Crippen LogP contribution in [-0.4, -0.2) is 23.2 Å². The number of ether oxygens (including phenoxy) is 1. The van der Waals surface area contributed by atoms with Gasteiger partial charge in [0.25, 0.3) is 0 Å². The van der Waals surface area contributed by atoms with Gasteiger partial charge in [-0.25, -0.2) is 9.78 Å². The van der Waals surface area contributed by atoms with E-state index in [0.29, 0.717) is 16.9 Å². The van der Waals surface area contributed by atoms with Crippen molar-refractivity contribution in [3.63, 3.8) is 0 Å². The summed E-state index contributed by atoms with van der Waals surface area (Å²) in [6.45, 7) is 9.35. The van der Waals surface area contributed by atoms with Gasteiger partial charge in [0.15, 0.2) is 0 Å². The SMILES string of the molecule is COc1cc(C(=O)O)ccc1NSc1cnc(-c2ccc(C3=CC(C)(C)CC(C)(C)C3)cc2)s1. The molecule has 0 bridgehead atoms. The summed E-state index contributed by atoms with van der Waals surface area (Å²) < 4.78 is 9.57. The summed E-state index contributed by atoms with van der Waals surface area (Å²) in [6.07, 6.45) is 6.58. The van der Waals surface area contributed by atoms with Crippen molar-refractivity contribution in [1.29, 1.82) is 0 Å². The maximum atomic E-state index is 11.2. The van der Waals surface area contributed by atoms with Gasteiger partial charge >= 0.3 is 5.97 Å². The molecule has 178 valence electrons. The van der Waals surface area contributed by atoms with Crippen molar-refractivity contribution in [3.8, 4) is 16.3 Å². The first-order valence-electron chi connectivity index (χ1n) is 11.2. The van der Waals surface area contributed by atoms with Crippen LogP contribution in [0.15, 0.2) is 58.9 Å². The molecule has 0 aliphatic heterocycles. The summed E-state index contributed by atoms with van der Waals surface area (Å²) in [4.78, 5) is 15.8. The lowest BCUT2D eigenvalue weighted by molar-refractivity contribution is 0.0696. The number of allylic oxidation sites excluding steroid dienone is 2. The third-order valence-corrected chi connectivity index (χ3v) is 7.83. The van der Waals surface area contributed by atoms with E-state index in [1.807, 2.05) is 6.20 Å². The molecule has 1 aliphatic rings. The van der Waals surface area contributed by atoms with Gasteiger partial charge in [-0.2, -0.15) is 0 Å². The van der Waals surface area contributed by atoms with Crippen molar-refractivity contribution in [3.05, 3.63) is 65.9 Å². The Morgan fingerprint density at radius 2 is 1.82 bits per heavy atom. The lowest BCUT2D eigenvalue weighted by Crippen LogP contribution is -2.26. The number of carboxylic acid groups (broad SMARTS) is 1. The number of nitrogens with one attached hydrogen (secondary N) is 1. The maximum absolute atomic E-state index is 11.2. The van der Waals surface area contributed by atoms with Gasteiger partial charge in [-0.05, 0) is 65.0 Å². The summed E-state index contributed by atoms with van der Waals surface area (Å²) in [5.74, 6) is -0.501. The van der Waals surface area contributed by atoms with Crippen molar-refractivity contribution in [1.82, 2.24) is 4.98 Å². The van der Waals surface area contributed by atoms with Gasteiger partial charge < -0.3 is 14.6 Å². The van der Waals surface area contributed by atoms with E-state index in [2.05, 4.69) is 67.7 Å². The van der Waals surface area contributed by atoms with E-state index < -0.39 is 5.97 Å². The molecule has 5 nitrogen and oxygen atoms in total. The Labute approximate surface area is 209 Å². The van der Waals surface area contributed by atoms with Crippen molar-refractivity contribution >= 4 is 40.5 Å². The average molecular weight is 495 g/mol. The third-order valence-electron chi connectivity index (χ3n) is 5.87. The Morgan fingerprint density at radius 1 is 1.12 bits per heavy atom. The number of anilines is 1. The molecular formula is C27H30N2O3S2. The number of hydrogen-bond acceptors (Lipinski definition) is 6. The molecule has 0 saturated carbocycles. The minimum absolute atomic E-state index is 0.187. The first-order valence-corrected chi connectivity index (χ1v) is 12.8. The third kappa shape index (κ3) is 5.65. The van der Waals surface area contributed by atoms with E-state index in [4.69, 9.17) is 9.84 Å². The van der Waals surface area contributed by atoms with Crippen molar-refractivity contribution in [2.75, 3.05) is 11.8 Å². The second kappa shape index (κ2) is 9.47. The summed E-state index contributed by atoms with van der Waals surface area (Å²) in [5.41, 5.74) is 5.22. The zero-order chi connectivity index (χ0) is 24.5. The Morgan fingerprint density at radius 3 is 2.47 bits per heavy atom. The molecule has 0 atom stereocenters. The summed E-state index contributed by atoms with van der Waals surface area (Å²) in [7, 11) is 1.52. The fraction of sp³-hybridized carbons (Fsp3) is 0.333. The van der Waals surface area contributed by atoms with Gasteiger partial charge in [0, 0.05) is 5.56 Å². The van der Waals surface area contributed by atoms with Crippen molar-refractivity contribution in [2.24, 2.45) is 10.8 Å². The van der Waals surface area contributed by atoms with Crippen LogP contribution in [0.2, 0.25) is 0 Å². The number of methoxy groups -OCH3 is 1. The van der Waals surface area contributed by atoms with E-state index in [-0.39, 0.29) is 11.0 Å². The van der Waals surface area contributed by atoms with Gasteiger partial charge in [-0.15, -0.1) is 11.3 Å². The standard InChI is InChI=1S/C27H30N2O3S2/c1-26(2)13-20(14-27(3,4)16-26)17-6-8-18(9-7-17)24-28-15-23(33-24)34-29-21-11-10-19(25(30)31)12-22(21)32-5/h6-13,15,29H,14,16H2,1-5H3,(H,30,31). The second-order valence-corrected chi connectivity index (χ2v) is 12.3.